The highest BCUT2D eigenvalue weighted by atomic mass is 32.1. The standard InChI is InChI=1S/C22H25N3O3S/c1-14-7-8-17(12-15(14)2)25-21(27)20-18(9-11-29-20)24(22(25)28)13-19(26)23-10-5-4-6-16(23)3/h7-9,11-12,16H,4-6,10,13H2,1-3H3/t16-/m1/s1. The van der Waals surface area contributed by atoms with E-state index in [1.54, 1.807) is 17.5 Å². The number of likely N-dealkylation sites (tertiary alicyclic amines) is 1. The summed E-state index contributed by atoms with van der Waals surface area (Å²) in [6.07, 6.45) is 3.09. The zero-order chi connectivity index (χ0) is 20.7. The minimum atomic E-state index is -0.470. The number of hydrogen-bond acceptors (Lipinski definition) is 4. The monoisotopic (exact) mass is 411 g/mol. The molecule has 1 aliphatic rings. The Balaban J connectivity index is 1.85. The van der Waals surface area contributed by atoms with Gasteiger partial charge >= 0.3 is 5.69 Å². The van der Waals surface area contributed by atoms with Gasteiger partial charge in [0, 0.05) is 12.6 Å². The van der Waals surface area contributed by atoms with Crippen LogP contribution in [-0.2, 0) is 11.3 Å². The van der Waals surface area contributed by atoms with Gasteiger partial charge < -0.3 is 4.90 Å². The fourth-order valence-electron chi connectivity index (χ4n) is 4.03. The van der Waals surface area contributed by atoms with E-state index in [4.69, 9.17) is 0 Å². The molecule has 3 aromatic rings. The van der Waals surface area contributed by atoms with E-state index < -0.39 is 5.69 Å². The molecule has 0 N–H and O–H groups in total. The highest BCUT2D eigenvalue weighted by molar-refractivity contribution is 7.17. The second kappa shape index (κ2) is 7.63. The highest BCUT2D eigenvalue weighted by Crippen LogP contribution is 2.20. The molecule has 1 amide bonds. The summed E-state index contributed by atoms with van der Waals surface area (Å²) >= 11 is 1.30. The van der Waals surface area contributed by atoms with Crippen LogP contribution in [0.1, 0.15) is 37.3 Å². The number of fused-ring (bicyclic) bond motifs is 1. The second-order valence-electron chi connectivity index (χ2n) is 7.84. The molecule has 2 aromatic heterocycles. The molecule has 0 unspecified atom stereocenters. The number of carbonyl (C=O) groups excluding carboxylic acids is 1. The minimum Gasteiger partial charge on any atom is -0.338 e. The number of thiophene rings is 1. The molecule has 152 valence electrons. The molecule has 0 spiro atoms. The quantitative estimate of drug-likeness (QED) is 0.665. The smallest absolute Gasteiger partial charge is 0.336 e. The highest BCUT2D eigenvalue weighted by Gasteiger charge is 2.25. The molecule has 7 heteroatoms. The van der Waals surface area contributed by atoms with E-state index in [1.807, 2.05) is 30.9 Å². The summed E-state index contributed by atoms with van der Waals surface area (Å²) in [7, 11) is 0. The Bertz CT molecular complexity index is 1200. The van der Waals surface area contributed by atoms with Crippen molar-refractivity contribution in [2.24, 2.45) is 0 Å². The van der Waals surface area contributed by atoms with E-state index in [-0.39, 0.29) is 24.1 Å². The van der Waals surface area contributed by atoms with Crippen LogP contribution < -0.4 is 11.2 Å². The van der Waals surface area contributed by atoms with Crippen molar-refractivity contribution in [3.63, 3.8) is 0 Å². The van der Waals surface area contributed by atoms with Crippen LogP contribution >= 0.6 is 11.3 Å². The molecule has 0 saturated carbocycles. The third-order valence-corrected chi connectivity index (χ3v) is 6.81. The third-order valence-electron chi connectivity index (χ3n) is 5.92. The molecule has 3 heterocycles. The first-order valence-corrected chi connectivity index (χ1v) is 10.9. The normalized spacial score (nSPS) is 17.1. The summed E-state index contributed by atoms with van der Waals surface area (Å²) in [5.74, 6) is -0.0721. The Morgan fingerprint density at radius 3 is 2.66 bits per heavy atom. The predicted molar refractivity (Wildman–Crippen MR) is 116 cm³/mol. The van der Waals surface area contributed by atoms with Gasteiger partial charge in [-0.1, -0.05) is 6.07 Å². The lowest BCUT2D eigenvalue weighted by molar-refractivity contribution is -0.135. The Morgan fingerprint density at radius 2 is 1.93 bits per heavy atom. The molecule has 1 aromatic carbocycles. The van der Waals surface area contributed by atoms with Crippen molar-refractivity contribution < 1.29 is 4.79 Å². The van der Waals surface area contributed by atoms with Gasteiger partial charge in [0.05, 0.1) is 11.2 Å². The number of nitrogens with zero attached hydrogens (tertiary/aromatic N) is 3. The number of rotatable bonds is 3. The van der Waals surface area contributed by atoms with Gasteiger partial charge in [-0.15, -0.1) is 11.3 Å². The van der Waals surface area contributed by atoms with Crippen molar-refractivity contribution in [3.8, 4) is 5.69 Å². The number of aromatic nitrogens is 2. The molecule has 1 atom stereocenters. The average molecular weight is 412 g/mol. The third kappa shape index (κ3) is 3.44. The SMILES string of the molecule is Cc1ccc(-n2c(=O)c3sccc3n(CC(=O)N3CCCC[C@H]3C)c2=O)cc1C. The number of aryl methyl sites for hydroxylation is 2. The van der Waals surface area contributed by atoms with Crippen LogP contribution in [0, 0.1) is 13.8 Å². The van der Waals surface area contributed by atoms with Crippen LogP contribution in [-0.4, -0.2) is 32.5 Å². The van der Waals surface area contributed by atoms with Gasteiger partial charge in [0.25, 0.3) is 5.56 Å². The van der Waals surface area contributed by atoms with Crippen molar-refractivity contribution in [2.75, 3.05) is 6.54 Å². The van der Waals surface area contributed by atoms with E-state index >= 15 is 0 Å². The Labute approximate surface area is 173 Å². The number of amides is 1. The van der Waals surface area contributed by atoms with Gasteiger partial charge in [0.15, 0.2) is 0 Å². The van der Waals surface area contributed by atoms with E-state index in [2.05, 4.69) is 6.92 Å². The van der Waals surface area contributed by atoms with Crippen LogP contribution in [0.5, 0.6) is 0 Å². The molecule has 1 saturated heterocycles. The lowest BCUT2D eigenvalue weighted by Gasteiger charge is -2.33. The van der Waals surface area contributed by atoms with Crippen LogP contribution in [0.3, 0.4) is 0 Å². The van der Waals surface area contributed by atoms with Crippen LogP contribution in [0.25, 0.3) is 15.9 Å². The van der Waals surface area contributed by atoms with Gasteiger partial charge in [-0.3, -0.25) is 14.2 Å². The summed E-state index contributed by atoms with van der Waals surface area (Å²) in [4.78, 5) is 41.3. The maximum Gasteiger partial charge on any atom is 0.336 e. The molecule has 0 bridgehead atoms. The number of hydrogen-bond donors (Lipinski definition) is 0. The molecule has 1 aliphatic heterocycles. The summed E-state index contributed by atoms with van der Waals surface area (Å²) in [5.41, 5.74) is 2.35. The van der Waals surface area contributed by atoms with Crippen molar-refractivity contribution in [1.29, 1.82) is 0 Å². The molecular formula is C22H25N3O3S. The zero-order valence-corrected chi connectivity index (χ0v) is 17.8. The Kier molecular flexibility index (Phi) is 5.17. The van der Waals surface area contributed by atoms with Gasteiger partial charge in [0.2, 0.25) is 5.91 Å². The summed E-state index contributed by atoms with van der Waals surface area (Å²) in [5, 5.41) is 1.79. The molecule has 29 heavy (non-hydrogen) atoms. The van der Waals surface area contributed by atoms with Gasteiger partial charge in [-0.05, 0) is 74.7 Å². The van der Waals surface area contributed by atoms with Crippen molar-refractivity contribution in [1.82, 2.24) is 14.0 Å². The van der Waals surface area contributed by atoms with Crippen molar-refractivity contribution in [3.05, 3.63) is 61.6 Å². The summed E-state index contributed by atoms with van der Waals surface area (Å²) in [6, 6.07) is 7.45. The molecule has 1 fully saturated rings. The first-order chi connectivity index (χ1) is 13.9. The second-order valence-corrected chi connectivity index (χ2v) is 8.76. The Morgan fingerprint density at radius 1 is 1.14 bits per heavy atom. The minimum absolute atomic E-state index is 0.0540. The number of carbonyl (C=O) groups is 1. The largest absolute Gasteiger partial charge is 0.338 e. The topological polar surface area (TPSA) is 64.3 Å². The van der Waals surface area contributed by atoms with Gasteiger partial charge in [0.1, 0.15) is 11.2 Å². The van der Waals surface area contributed by atoms with Gasteiger partial charge in [-0.25, -0.2) is 9.36 Å². The van der Waals surface area contributed by atoms with E-state index in [0.717, 1.165) is 36.9 Å². The van der Waals surface area contributed by atoms with E-state index in [9.17, 15) is 14.4 Å². The summed E-state index contributed by atoms with van der Waals surface area (Å²) in [6.45, 7) is 6.66. The van der Waals surface area contributed by atoms with Crippen molar-refractivity contribution >= 4 is 27.5 Å². The average Bonchev–Trinajstić information content (AvgIpc) is 3.18. The molecular weight excluding hydrogens is 386 g/mol. The predicted octanol–water partition coefficient (Wildman–Crippen LogP) is 3.23. The van der Waals surface area contributed by atoms with E-state index in [1.165, 1.54) is 20.5 Å². The van der Waals surface area contributed by atoms with E-state index in [0.29, 0.717) is 15.9 Å². The molecule has 0 radical (unpaired) electrons. The maximum atomic E-state index is 13.4. The zero-order valence-electron chi connectivity index (χ0n) is 17.0. The Hall–Kier alpha value is -2.67. The van der Waals surface area contributed by atoms with Crippen LogP contribution in [0.2, 0.25) is 0 Å². The van der Waals surface area contributed by atoms with Crippen molar-refractivity contribution in [2.45, 2.75) is 52.6 Å². The summed E-state index contributed by atoms with van der Waals surface area (Å²) < 4.78 is 3.13. The number of piperidine rings is 1. The van der Waals surface area contributed by atoms with Gasteiger partial charge in [-0.2, -0.15) is 0 Å². The number of benzene rings is 1. The van der Waals surface area contributed by atoms with Crippen LogP contribution in [0.15, 0.2) is 39.2 Å². The first-order valence-electron chi connectivity index (χ1n) is 9.98. The fourth-order valence-corrected chi connectivity index (χ4v) is 4.85. The first kappa shape index (κ1) is 19.6. The van der Waals surface area contributed by atoms with Crippen LogP contribution in [0.4, 0.5) is 0 Å². The lowest BCUT2D eigenvalue weighted by Crippen LogP contribution is -2.46. The maximum absolute atomic E-state index is 13.4. The lowest BCUT2D eigenvalue weighted by atomic mass is 10.0. The fraction of sp³-hybridized carbons (Fsp3) is 0.409. The molecule has 0 aliphatic carbocycles. The molecule has 4 rings (SSSR count). The molecule has 6 nitrogen and oxygen atoms in total.